The van der Waals surface area contributed by atoms with Crippen molar-refractivity contribution in [2.45, 2.75) is 63.5 Å². The molecule has 2 fully saturated rings. The van der Waals surface area contributed by atoms with E-state index in [2.05, 4.69) is 27.0 Å². The van der Waals surface area contributed by atoms with Crippen LogP contribution in [0, 0.1) is 0 Å². The van der Waals surface area contributed by atoms with Crippen LogP contribution in [0.1, 0.15) is 33.6 Å². The Morgan fingerprint density at radius 2 is 1.96 bits per heavy atom. The molecule has 0 aromatic carbocycles. The van der Waals surface area contributed by atoms with Crippen LogP contribution in [-0.2, 0) is 18.9 Å². The Labute approximate surface area is 134 Å². The average Bonchev–Trinajstić information content (AvgIpc) is 2.93. The molecule has 4 atom stereocenters. The Bertz CT molecular complexity index is 517. The molecule has 0 aliphatic carbocycles. The Balaban J connectivity index is 2.27. The van der Waals surface area contributed by atoms with E-state index in [0.717, 1.165) is 12.8 Å². The van der Waals surface area contributed by atoms with E-state index in [0.29, 0.717) is 6.61 Å². The van der Waals surface area contributed by atoms with Crippen LogP contribution < -0.4 is 0 Å². The molecular weight excluding hydrogens is 304 g/mol. The smallest absolute Gasteiger partial charge is 0.189 e. The Hall–Kier alpha value is -1.54. The number of azide groups is 2. The number of unbranched alkanes of at least 4 members (excludes halogenated alkanes) is 1. The third-order valence-corrected chi connectivity index (χ3v) is 3.84. The summed E-state index contributed by atoms with van der Waals surface area (Å²) in [6.07, 6.45) is 0.0382. The zero-order valence-electron chi connectivity index (χ0n) is 13.6. The highest BCUT2D eigenvalue weighted by molar-refractivity contribution is 5.09. The van der Waals surface area contributed by atoms with Gasteiger partial charge in [0.25, 0.3) is 0 Å². The molecule has 0 radical (unpaired) electrons. The predicted octanol–water partition coefficient (Wildman–Crippen LogP) is 3.04. The molecule has 0 N–H and O–H groups in total. The Morgan fingerprint density at radius 3 is 2.61 bits per heavy atom. The summed E-state index contributed by atoms with van der Waals surface area (Å²) >= 11 is 0. The first-order chi connectivity index (χ1) is 11.0. The minimum Gasteiger partial charge on any atom is -0.350 e. The Morgan fingerprint density at radius 1 is 1.22 bits per heavy atom. The quantitative estimate of drug-likeness (QED) is 0.293. The fraction of sp³-hybridized carbons (Fsp3) is 1.00. The molecule has 0 aromatic heterocycles. The number of hydrogen-bond acceptors (Lipinski definition) is 6. The van der Waals surface area contributed by atoms with Crippen molar-refractivity contribution in [2.24, 2.45) is 10.2 Å². The maximum atomic E-state index is 8.69. The maximum absolute atomic E-state index is 8.69. The standard InChI is InChI=1S/C13H22N6O4/c1-4-5-6-20-11-13(8-17-19-15)10(22-12(2,3)23-13)9(21-11)7-16-18-14/h9-11H,4-8H2,1-3H3/t9-,10-,11-,13-/m1/s1. The van der Waals surface area contributed by atoms with Crippen LogP contribution in [0.25, 0.3) is 20.9 Å². The maximum Gasteiger partial charge on any atom is 0.189 e. The Kier molecular flexibility index (Phi) is 5.69. The van der Waals surface area contributed by atoms with E-state index in [4.69, 9.17) is 30.0 Å². The van der Waals surface area contributed by atoms with Crippen molar-refractivity contribution in [3.8, 4) is 0 Å². The van der Waals surface area contributed by atoms with Gasteiger partial charge < -0.3 is 18.9 Å². The monoisotopic (exact) mass is 326 g/mol. The molecule has 2 rings (SSSR count). The van der Waals surface area contributed by atoms with Gasteiger partial charge >= 0.3 is 0 Å². The second-order valence-corrected chi connectivity index (χ2v) is 6.03. The van der Waals surface area contributed by atoms with Gasteiger partial charge in [0.1, 0.15) is 6.10 Å². The van der Waals surface area contributed by atoms with E-state index in [1.807, 2.05) is 0 Å². The van der Waals surface area contributed by atoms with Crippen LogP contribution in [0.3, 0.4) is 0 Å². The topological polar surface area (TPSA) is 134 Å². The second-order valence-electron chi connectivity index (χ2n) is 6.03. The van der Waals surface area contributed by atoms with E-state index in [1.165, 1.54) is 0 Å². The molecule has 0 spiro atoms. The van der Waals surface area contributed by atoms with Crippen LogP contribution in [0.2, 0.25) is 0 Å². The van der Waals surface area contributed by atoms with Gasteiger partial charge in [0.2, 0.25) is 0 Å². The molecule has 2 aliphatic rings. The van der Waals surface area contributed by atoms with E-state index < -0.39 is 29.9 Å². The van der Waals surface area contributed by atoms with Gasteiger partial charge in [-0.05, 0) is 31.3 Å². The summed E-state index contributed by atoms with van der Waals surface area (Å²) in [5.74, 6) is -0.875. The van der Waals surface area contributed by atoms with Gasteiger partial charge in [-0.15, -0.1) is 0 Å². The SMILES string of the molecule is CCCCO[C@@H]1O[C@H](CN=[N+]=[N-])[C@H]2OC(C)(C)O[C@@]12CN=[N+]=[N-]. The van der Waals surface area contributed by atoms with E-state index in [9.17, 15) is 0 Å². The number of nitrogens with zero attached hydrogens (tertiary/aromatic N) is 6. The van der Waals surface area contributed by atoms with Crippen molar-refractivity contribution in [2.75, 3.05) is 19.7 Å². The number of ether oxygens (including phenoxy) is 4. The molecule has 2 aliphatic heterocycles. The third-order valence-electron chi connectivity index (χ3n) is 3.84. The lowest BCUT2D eigenvalue weighted by molar-refractivity contribution is -0.256. The van der Waals surface area contributed by atoms with Crippen molar-refractivity contribution >= 4 is 0 Å². The molecule has 0 bridgehead atoms. The van der Waals surface area contributed by atoms with Crippen LogP contribution in [0.4, 0.5) is 0 Å². The number of fused-ring (bicyclic) bond motifs is 1. The number of hydrogen-bond donors (Lipinski definition) is 0. The molecule has 0 unspecified atom stereocenters. The lowest BCUT2D eigenvalue weighted by atomic mass is 9.95. The molecule has 0 aromatic rings. The highest BCUT2D eigenvalue weighted by Gasteiger charge is 2.66. The average molecular weight is 326 g/mol. The zero-order valence-corrected chi connectivity index (χ0v) is 13.6. The van der Waals surface area contributed by atoms with Gasteiger partial charge in [-0.2, -0.15) is 0 Å². The normalized spacial score (nSPS) is 34.5. The van der Waals surface area contributed by atoms with Crippen molar-refractivity contribution < 1.29 is 18.9 Å². The lowest BCUT2D eigenvalue weighted by Gasteiger charge is -2.31. The van der Waals surface area contributed by atoms with Crippen molar-refractivity contribution in [3.63, 3.8) is 0 Å². The molecule has 128 valence electrons. The largest absolute Gasteiger partial charge is 0.350 e. The lowest BCUT2D eigenvalue weighted by Crippen LogP contribution is -2.50. The fourth-order valence-corrected chi connectivity index (χ4v) is 2.97. The van der Waals surface area contributed by atoms with Crippen molar-refractivity contribution in [1.82, 2.24) is 0 Å². The first-order valence-electron chi connectivity index (χ1n) is 7.66. The van der Waals surface area contributed by atoms with E-state index in [1.54, 1.807) is 13.8 Å². The van der Waals surface area contributed by atoms with Gasteiger partial charge in [-0.1, -0.05) is 23.6 Å². The molecule has 10 heteroatoms. The van der Waals surface area contributed by atoms with Gasteiger partial charge in [0.05, 0.1) is 19.2 Å². The van der Waals surface area contributed by atoms with E-state index in [-0.39, 0.29) is 13.1 Å². The van der Waals surface area contributed by atoms with Crippen molar-refractivity contribution in [3.05, 3.63) is 20.9 Å². The number of rotatable bonds is 8. The van der Waals surface area contributed by atoms with Crippen LogP contribution in [0.5, 0.6) is 0 Å². The molecule has 0 amide bonds. The van der Waals surface area contributed by atoms with Crippen LogP contribution >= 0.6 is 0 Å². The fourth-order valence-electron chi connectivity index (χ4n) is 2.97. The molecule has 0 saturated carbocycles. The van der Waals surface area contributed by atoms with Crippen LogP contribution in [0.15, 0.2) is 10.2 Å². The first kappa shape index (κ1) is 17.8. The molecular formula is C13H22N6O4. The van der Waals surface area contributed by atoms with Gasteiger partial charge in [-0.25, -0.2) is 0 Å². The first-order valence-corrected chi connectivity index (χ1v) is 7.66. The minimum atomic E-state index is -1.04. The third kappa shape index (κ3) is 3.69. The molecule has 23 heavy (non-hydrogen) atoms. The van der Waals surface area contributed by atoms with Gasteiger partial charge in [0, 0.05) is 16.4 Å². The summed E-state index contributed by atoms with van der Waals surface area (Å²) in [4.78, 5) is 5.58. The minimum absolute atomic E-state index is 0.0150. The zero-order chi connectivity index (χ0) is 16.9. The summed E-state index contributed by atoms with van der Waals surface area (Å²) in [7, 11) is 0. The summed E-state index contributed by atoms with van der Waals surface area (Å²) in [6, 6.07) is 0. The second kappa shape index (κ2) is 7.35. The van der Waals surface area contributed by atoms with Gasteiger partial charge in [0.15, 0.2) is 17.7 Å². The summed E-state index contributed by atoms with van der Waals surface area (Å²) in [5, 5.41) is 7.22. The molecule has 10 nitrogen and oxygen atoms in total. The predicted molar refractivity (Wildman–Crippen MR) is 80.3 cm³/mol. The van der Waals surface area contributed by atoms with E-state index >= 15 is 0 Å². The van der Waals surface area contributed by atoms with Crippen molar-refractivity contribution in [1.29, 1.82) is 0 Å². The summed E-state index contributed by atoms with van der Waals surface area (Å²) in [6.45, 7) is 6.20. The summed E-state index contributed by atoms with van der Waals surface area (Å²) < 4.78 is 23.6. The van der Waals surface area contributed by atoms with Gasteiger partial charge in [-0.3, -0.25) is 0 Å². The molecule has 2 saturated heterocycles. The highest BCUT2D eigenvalue weighted by atomic mass is 16.8. The summed E-state index contributed by atoms with van der Waals surface area (Å²) in [5.41, 5.74) is 16.2. The highest BCUT2D eigenvalue weighted by Crippen LogP contribution is 2.47. The van der Waals surface area contributed by atoms with Crippen LogP contribution in [-0.4, -0.2) is 49.6 Å². The molecule has 2 heterocycles.